The zero-order valence-electron chi connectivity index (χ0n) is 12.3. The Balaban J connectivity index is 2.54. The quantitative estimate of drug-likeness (QED) is 0.912. The van der Waals surface area contributed by atoms with Crippen molar-refractivity contribution in [2.45, 2.75) is 31.2 Å². The third-order valence-electron chi connectivity index (χ3n) is 2.68. The Morgan fingerprint density at radius 3 is 2.33 bits per heavy atom. The fourth-order valence-corrected chi connectivity index (χ4v) is 3.57. The predicted octanol–water partition coefficient (Wildman–Crippen LogP) is 2.41. The fourth-order valence-electron chi connectivity index (χ4n) is 1.94. The number of aromatic nitrogens is 1. The van der Waals surface area contributed by atoms with Gasteiger partial charge in [0.2, 0.25) is 10.0 Å². The number of pyridine rings is 1. The molecule has 0 fully saturated rings. The minimum Gasteiger partial charge on any atom is -0.397 e. The largest absolute Gasteiger partial charge is 0.397 e. The van der Waals surface area contributed by atoms with E-state index < -0.39 is 15.6 Å². The van der Waals surface area contributed by atoms with Crippen LogP contribution in [0.15, 0.2) is 47.5 Å². The van der Waals surface area contributed by atoms with Crippen LogP contribution >= 0.6 is 0 Å². The minimum absolute atomic E-state index is 0.206. The van der Waals surface area contributed by atoms with Crippen molar-refractivity contribution in [3.63, 3.8) is 0 Å². The molecule has 1 heterocycles. The molecule has 0 aliphatic heterocycles. The molecule has 0 amide bonds. The van der Waals surface area contributed by atoms with E-state index in [2.05, 4.69) is 9.71 Å². The van der Waals surface area contributed by atoms with Gasteiger partial charge in [0, 0.05) is 11.1 Å². The number of nitrogens with one attached hydrogen (secondary N) is 1. The van der Waals surface area contributed by atoms with Gasteiger partial charge in [-0.05, 0) is 39.0 Å². The molecule has 0 aliphatic carbocycles. The number of nitrogens with two attached hydrogens (primary N) is 1. The van der Waals surface area contributed by atoms with E-state index in [9.17, 15) is 8.42 Å². The lowest BCUT2D eigenvalue weighted by molar-refractivity contribution is 0.491. The van der Waals surface area contributed by atoms with Gasteiger partial charge < -0.3 is 5.73 Å². The number of anilines is 1. The lowest BCUT2D eigenvalue weighted by Gasteiger charge is -2.21. The molecular formula is C15H19N3O2S. The standard InChI is InChI=1S/C15H19N3O2S/c1-15(2,3)18-21(19,20)14-7-5-4-6-12(14)13-9-8-11(16)10-17-13/h4-10,18H,16H2,1-3H3. The minimum atomic E-state index is -3.63. The zero-order valence-corrected chi connectivity index (χ0v) is 13.1. The molecule has 0 unspecified atom stereocenters. The number of hydrogen-bond acceptors (Lipinski definition) is 4. The number of benzene rings is 1. The van der Waals surface area contributed by atoms with Gasteiger partial charge >= 0.3 is 0 Å². The molecule has 5 nitrogen and oxygen atoms in total. The van der Waals surface area contributed by atoms with Crippen LogP contribution < -0.4 is 10.5 Å². The SMILES string of the molecule is CC(C)(C)NS(=O)(=O)c1ccccc1-c1ccc(N)cn1. The molecule has 0 saturated carbocycles. The normalized spacial score (nSPS) is 12.3. The highest BCUT2D eigenvalue weighted by Crippen LogP contribution is 2.26. The van der Waals surface area contributed by atoms with Crippen molar-refractivity contribution in [2.24, 2.45) is 0 Å². The van der Waals surface area contributed by atoms with E-state index in [-0.39, 0.29) is 4.90 Å². The van der Waals surface area contributed by atoms with E-state index in [0.717, 1.165) is 0 Å². The van der Waals surface area contributed by atoms with Gasteiger partial charge in [0.25, 0.3) is 0 Å². The average Bonchev–Trinajstić information content (AvgIpc) is 2.37. The molecule has 2 rings (SSSR count). The van der Waals surface area contributed by atoms with E-state index in [4.69, 9.17) is 5.73 Å². The first-order chi connectivity index (χ1) is 9.69. The summed E-state index contributed by atoms with van der Waals surface area (Å²) in [5.41, 5.74) is 6.72. The summed E-state index contributed by atoms with van der Waals surface area (Å²) in [6.07, 6.45) is 1.51. The predicted molar refractivity (Wildman–Crippen MR) is 84.2 cm³/mol. The van der Waals surface area contributed by atoms with Gasteiger partial charge in [-0.2, -0.15) is 0 Å². The molecule has 6 heteroatoms. The summed E-state index contributed by atoms with van der Waals surface area (Å²) >= 11 is 0. The monoisotopic (exact) mass is 305 g/mol. The summed E-state index contributed by atoms with van der Waals surface area (Å²) in [6.45, 7) is 5.40. The summed E-state index contributed by atoms with van der Waals surface area (Å²) in [7, 11) is -3.63. The maximum Gasteiger partial charge on any atom is 0.241 e. The van der Waals surface area contributed by atoms with Crippen LogP contribution in [0.4, 0.5) is 5.69 Å². The highest BCUT2D eigenvalue weighted by atomic mass is 32.2. The van der Waals surface area contributed by atoms with Gasteiger partial charge in [0.05, 0.1) is 22.5 Å². The third-order valence-corrected chi connectivity index (χ3v) is 4.50. The van der Waals surface area contributed by atoms with E-state index in [0.29, 0.717) is 16.9 Å². The van der Waals surface area contributed by atoms with E-state index >= 15 is 0 Å². The van der Waals surface area contributed by atoms with Gasteiger partial charge in [0.1, 0.15) is 0 Å². The molecular weight excluding hydrogens is 286 g/mol. The molecule has 1 aromatic heterocycles. The highest BCUT2D eigenvalue weighted by Gasteiger charge is 2.24. The molecule has 0 spiro atoms. The van der Waals surface area contributed by atoms with Crippen LogP contribution in [-0.4, -0.2) is 18.9 Å². The van der Waals surface area contributed by atoms with Crippen LogP contribution in [0.2, 0.25) is 0 Å². The van der Waals surface area contributed by atoms with Crippen LogP contribution in [0.1, 0.15) is 20.8 Å². The first kappa shape index (κ1) is 15.5. The van der Waals surface area contributed by atoms with Gasteiger partial charge in [0.15, 0.2) is 0 Å². The van der Waals surface area contributed by atoms with Crippen molar-refractivity contribution in [3.8, 4) is 11.3 Å². The topological polar surface area (TPSA) is 85.1 Å². The van der Waals surface area contributed by atoms with Crippen LogP contribution in [-0.2, 0) is 10.0 Å². The Bertz CT molecular complexity index is 732. The Morgan fingerprint density at radius 2 is 1.76 bits per heavy atom. The Morgan fingerprint density at radius 1 is 1.10 bits per heavy atom. The van der Waals surface area contributed by atoms with Crippen molar-refractivity contribution in [3.05, 3.63) is 42.6 Å². The van der Waals surface area contributed by atoms with Crippen LogP contribution in [0.25, 0.3) is 11.3 Å². The first-order valence-corrected chi connectivity index (χ1v) is 8.02. The van der Waals surface area contributed by atoms with E-state index in [1.165, 1.54) is 6.20 Å². The summed E-state index contributed by atoms with van der Waals surface area (Å²) in [4.78, 5) is 4.41. The Kier molecular flexibility index (Phi) is 4.02. The van der Waals surface area contributed by atoms with E-state index in [1.54, 1.807) is 57.2 Å². The second-order valence-electron chi connectivity index (χ2n) is 5.83. The van der Waals surface area contributed by atoms with Crippen molar-refractivity contribution >= 4 is 15.7 Å². The van der Waals surface area contributed by atoms with Crippen molar-refractivity contribution in [1.82, 2.24) is 9.71 Å². The van der Waals surface area contributed by atoms with Gasteiger partial charge in [-0.1, -0.05) is 18.2 Å². The zero-order chi connectivity index (χ0) is 15.7. The number of nitrogen functional groups attached to an aromatic ring is 1. The van der Waals surface area contributed by atoms with Crippen LogP contribution in [0.3, 0.4) is 0 Å². The van der Waals surface area contributed by atoms with Crippen LogP contribution in [0.5, 0.6) is 0 Å². The fraction of sp³-hybridized carbons (Fsp3) is 0.267. The molecule has 0 aliphatic rings. The molecule has 0 radical (unpaired) electrons. The lowest BCUT2D eigenvalue weighted by Crippen LogP contribution is -2.40. The molecule has 3 N–H and O–H groups in total. The average molecular weight is 305 g/mol. The third kappa shape index (κ3) is 3.80. The molecule has 1 aromatic carbocycles. The van der Waals surface area contributed by atoms with Crippen molar-refractivity contribution in [1.29, 1.82) is 0 Å². The lowest BCUT2D eigenvalue weighted by atomic mass is 10.1. The van der Waals surface area contributed by atoms with Gasteiger partial charge in [-0.25, -0.2) is 13.1 Å². The second kappa shape index (κ2) is 5.46. The highest BCUT2D eigenvalue weighted by molar-refractivity contribution is 7.89. The van der Waals surface area contributed by atoms with Crippen molar-refractivity contribution in [2.75, 3.05) is 5.73 Å². The number of hydrogen-bond donors (Lipinski definition) is 2. The maximum atomic E-state index is 12.5. The number of rotatable bonds is 3. The van der Waals surface area contributed by atoms with Gasteiger partial charge in [-0.3, -0.25) is 4.98 Å². The number of nitrogens with zero attached hydrogens (tertiary/aromatic N) is 1. The molecule has 112 valence electrons. The Labute approximate surface area is 125 Å². The summed E-state index contributed by atoms with van der Waals surface area (Å²) in [5.74, 6) is 0. The molecule has 0 atom stereocenters. The first-order valence-electron chi connectivity index (χ1n) is 6.54. The van der Waals surface area contributed by atoms with Crippen LogP contribution in [0, 0.1) is 0 Å². The maximum absolute atomic E-state index is 12.5. The van der Waals surface area contributed by atoms with Gasteiger partial charge in [-0.15, -0.1) is 0 Å². The summed E-state index contributed by atoms with van der Waals surface area (Å²) in [5, 5.41) is 0. The molecule has 0 saturated heterocycles. The molecule has 2 aromatic rings. The number of sulfonamides is 1. The summed E-state index contributed by atoms with van der Waals surface area (Å²) in [6, 6.07) is 10.2. The molecule has 21 heavy (non-hydrogen) atoms. The van der Waals surface area contributed by atoms with Crippen molar-refractivity contribution < 1.29 is 8.42 Å². The molecule has 0 bridgehead atoms. The van der Waals surface area contributed by atoms with E-state index in [1.807, 2.05) is 0 Å². The second-order valence-corrected chi connectivity index (χ2v) is 7.48. The summed E-state index contributed by atoms with van der Waals surface area (Å²) < 4.78 is 27.7. The Hall–Kier alpha value is -1.92. The smallest absolute Gasteiger partial charge is 0.241 e.